The number of para-hydroxylation sites is 2. The fourth-order valence-electron chi connectivity index (χ4n) is 7.88. The third-order valence-electron chi connectivity index (χ3n) is 10.5. The number of nitrogens with zero attached hydrogens (tertiary/aromatic N) is 2. The summed E-state index contributed by atoms with van der Waals surface area (Å²) in [7, 11) is 0. The number of hydrogen-bond donors (Lipinski definition) is 0. The average Bonchev–Trinajstić information content (AvgIpc) is 3.57. The summed E-state index contributed by atoms with van der Waals surface area (Å²) in [6.45, 7) is 0. The molecular weight excluding hydrogens is 653 g/mol. The van der Waals surface area contributed by atoms with Crippen LogP contribution >= 0.6 is 0 Å². The van der Waals surface area contributed by atoms with E-state index in [4.69, 9.17) is 0 Å². The maximum atomic E-state index is 2.40. The van der Waals surface area contributed by atoms with E-state index in [1.165, 1.54) is 71.6 Å². The van der Waals surface area contributed by atoms with Crippen LogP contribution in [0.4, 0.5) is 17.1 Å². The lowest BCUT2D eigenvalue weighted by Gasteiger charge is -2.26. The smallest absolute Gasteiger partial charge is 0.0547 e. The summed E-state index contributed by atoms with van der Waals surface area (Å²) in [6, 6.07) is 78.8. The Morgan fingerprint density at radius 1 is 0.278 bits per heavy atom. The summed E-state index contributed by atoms with van der Waals surface area (Å²) in [5.41, 5.74) is 14.1. The van der Waals surface area contributed by atoms with Gasteiger partial charge in [0.05, 0.1) is 11.0 Å². The second-order valence-corrected chi connectivity index (χ2v) is 13.8. The molecule has 0 saturated carbocycles. The molecule has 0 amide bonds. The highest BCUT2D eigenvalue weighted by Gasteiger charge is 2.16. The molecule has 2 heteroatoms. The van der Waals surface area contributed by atoms with Crippen LogP contribution in [0, 0.1) is 0 Å². The molecule has 0 aliphatic heterocycles. The van der Waals surface area contributed by atoms with Gasteiger partial charge in [0.15, 0.2) is 0 Å². The first kappa shape index (κ1) is 31.6. The number of rotatable bonds is 7. The molecule has 0 aliphatic rings. The summed E-state index contributed by atoms with van der Waals surface area (Å²) < 4.78 is 2.40. The molecule has 1 aromatic heterocycles. The Kier molecular flexibility index (Phi) is 7.85. The van der Waals surface area contributed by atoms with Crippen molar-refractivity contribution in [3.8, 4) is 39.1 Å². The lowest BCUT2D eigenvalue weighted by atomic mass is 9.97. The van der Waals surface area contributed by atoms with Gasteiger partial charge in [0.2, 0.25) is 0 Å². The number of anilines is 3. The molecule has 10 rings (SSSR count). The van der Waals surface area contributed by atoms with Gasteiger partial charge in [-0.1, -0.05) is 140 Å². The SMILES string of the molecule is c1ccc(-c2ccc(N(c3ccccc3)c3ccc(-c4cccc(-c5ccc6c(c5)c5cc7ccccc7cc5n6-c5ccccc5)c4)cc3)cc2)cc1. The van der Waals surface area contributed by atoms with Crippen LogP contribution in [0.5, 0.6) is 0 Å². The number of fused-ring (bicyclic) bond motifs is 4. The van der Waals surface area contributed by atoms with Gasteiger partial charge in [0.25, 0.3) is 0 Å². The van der Waals surface area contributed by atoms with E-state index < -0.39 is 0 Å². The van der Waals surface area contributed by atoms with Crippen molar-refractivity contribution in [3.63, 3.8) is 0 Å². The zero-order valence-electron chi connectivity index (χ0n) is 29.7. The molecule has 0 unspecified atom stereocenters. The van der Waals surface area contributed by atoms with Gasteiger partial charge >= 0.3 is 0 Å². The second kappa shape index (κ2) is 13.4. The van der Waals surface area contributed by atoms with Crippen LogP contribution in [0.25, 0.3) is 71.6 Å². The van der Waals surface area contributed by atoms with Crippen LogP contribution in [0.3, 0.4) is 0 Å². The Balaban J connectivity index is 1.01. The predicted molar refractivity (Wildman–Crippen MR) is 229 cm³/mol. The van der Waals surface area contributed by atoms with Gasteiger partial charge in [-0.25, -0.2) is 0 Å². The van der Waals surface area contributed by atoms with E-state index in [0.29, 0.717) is 0 Å². The largest absolute Gasteiger partial charge is 0.311 e. The summed E-state index contributed by atoms with van der Waals surface area (Å²) >= 11 is 0. The van der Waals surface area contributed by atoms with Crippen LogP contribution in [-0.4, -0.2) is 4.57 Å². The zero-order valence-corrected chi connectivity index (χ0v) is 29.7. The molecule has 0 N–H and O–H groups in total. The molecular formula is C52H36N2. The van der Waals surface area contributed by atoms with Gasteiger partial charge in [0, 0.05) is 33.5 Å². The molecule has 1 heterocycles. The quantitative estimate of drug-likeness (QED) is 0.162. The van der Waals surface area contributed by atoms with E-state index >= 15 is 0 Å². The summed E-state index contributed by atoms with van der Waals surface area (Å²) in [4.78, 5) is 2.32. The minimum Gasteiger partial charge on any atom is -0.311 e. The van der Waals surface area contributed by atoms with E-state index in [1.807, 2.05) is 0 Å². The molecule has 0 atom stereocenters. The highest BCUT2D eigenvalue weighted by molar-refractivity contribution is 6.14. The van der Waals surface area contributed by atoms with Crippen LogP contribution in [-0.2, 0) is 0 Å². The standard InChI is InChI=1S/C52H36N2/c1-4-13-37(14-5-1)38-23-28-47(29-24-38)53(45-19-6-2-7-20-45)48-30-25-39(26-31-48)40-17-12-18-41(33-40)44-27-32-51-49(35-44)50-34-42-15-10-11-16-43(42)36-52(50)54(51)46-21-8-3-9-22-46/h1-36H. The van der Waals surface area contributed by atoms with E-state index in [0.717, 1.165) is 17.1 Å². The molecule has 0 radical (unpaired) electrons. The van der Waals surface area contributed by atoms with Crippen molar-refractivity contribution in [2.45, 2.75) is 0 Å². The van der Waals surface area contributed by atoms with Crippen LogP contribution in [0.15, 0.2) is 218 Å². The molecule has 0 spiro atoms. The highest BCUT2D eigenvalue weighted by Crippen LogP contribution is 2.39. The molecule has 10 aromatic rings. The minimum absolute atomic E-state index is 1.11. The Labute approximate surface area is 315 Å². The molecule has 9 aromatic carbocycles. The first-order valence-electron chi connectivity index (χ1n) is 18.5. The van der Waals surface area contributed by atoms with Crippen molar-refractivity contribution in [3.05, 3.63) is 218 Å². The topological polar surface area (TPSA) is 8.17 Å². The lowest BCUT2D eigenvalue weighted by Crippen LogP contribution is -2.09. The fourth-order valence-corrected chi connectivity index (χ4v) is 7.88. The van der Waals surface area contributed by atoms with Crippen molar-refractivity contribution in [1.29, 1.82) is 0 Å². The predicted octanol–water partition coefficient (Wildman–Crippen LogP) is 14.4. The molecule has 0 saturated heterocycles. The normalized spacial score (nSPS) is 11.3. The van der Waals surface area contributed by atoms with Crippen molar-refractivity contribution in [2.24, 2.45) is 0 Å². The van der Waals surface area contributed by atoms with Gasteiger partial charge in [-0.05, 0) is 123 Å². The molecule has 0 aliphatic carbocycles. The molecule has 0 bridgehead atoms. The van der Waals surface area contributed by atoms with Gasteiger partial charge in [-0.3, -0.25) is 0 Å². The van der Waals surface area contributed by atoms with Crippen molar-refractivity contribution in [2.75, 3.05) is 4.90 Å². The van der Waals surface area contributed by atoms with E-state index in [9.17, 15) is 0 Å². The van der Waals surface area contributed by atoms with Crippen LogP contribution in [0.1, 0.15) is 0 Å². The third kappa shape index (κ3) is 5.71. The average molecular weight is 689 g/mol. The Hall–Kier alpha value is -7.16. The van der Waals surface area contributed by atoms with Gasteiger partial charge < -0.3 is 9.47 Å². The number of aromatic nitrogens is 1. The van der Waals surface area contributed by atoms with E-state index in [2.05, 4.69) is 228 Å². The zero-order chi connectivity index (χ0) is 35.8. The lowest BCUT2D eigenvalue weighted by molar-refractivity contribution is 1.18. The first-order chi connectivity index (χ1) is 26.8. The fraction of sp³-hybridized carbons (Fsp3) is 0. The monoisotopic (exact) mass is 688 g/mol. The number of benzene rings is 9. The maximum Gasteiger partial charge on any atom is 0.0547 e. The summed E-state index contributed by atoms with van der Waals surface area (Å²) in [5.74, 6) is 0. The molecule has 2 nitrogen and oxygen atoms in total. The van der Waals surface area contributed by atoms with Crippen LogP contribution < -0.4 is 4.90 Å². The van der Waals surface area contributed by atoms with Crippen molar-refractivity contribution >= 4 is 49.6 Å². The van der Waals surface area contributed by atoms with Gasteiger partial charge in [0.1, 0.15) is 0 Å². The second-order valence-electron chi connectivity index (χ2n) is 13.8. The van der Waals surface area contributed by atoms with Crippen molar-refractivity contribution < 1.29 is 0 Å². The molecule has 0 fully saturated rings. The third-order valence-corrected chi connectivity index (χ3v) is 10.5. The molecule has 254 valence electrons. The Bertz CT molecular complexity index is 2890. The highest BCUT2D eigenvalue weighted by atomic mass is 15.1. The first-order valence-corrected chi connectivity index (χ1v) is 18.5. The maximum absolute atomic E-state index is 2.40. The van der Waals surface area contributed by atoms with Crippen LogP contribution in [0.2, 0.25) is 0 Å². The Morgan fingerprint density at radius 3 is 1.39 bits per heavy atom. The molecule has 54 heavy (non-hydrogen) atoms. The van der Waals surface area contributed by atoms with Crippen molar-refractivity contribution in [1.82, 2.24) is 4.57 Å². The Morgan fingerprint density at radius 2 is 0.722 bits per heavy atom. The van der Waals surface area contributed by atoms with Gasteiger partial charge in [-0.15, -0.1) is 0 Å². The number of hydrogen-bond acceptors (Lipinski definition) is 1. The van der Waals surface area contributed by atoms with E-state index in [1.54, 1.807) is 0 Å². The minimum atomic E-state index is 1.11. The van der Waals surface area contributed by atoms with E-state index in [-0.39, 0.29) is 0 Å². The summed E-state index contributed by atoms with van der Waals surface area (Å²) in [6.07, 6.45) is 0. The summed E-state index contributed by atoms with van der Waals surface area (Å²) in [5, 5.41) is 5.02. The van der Waals surface area contributed by atoms with Gasteiger partial charge in [-0.2, -0.15) is 0 Å².